The molecular weight excluding hydrogens is 941 g/mol. The predicted octanol–water partition coefficient (Wildman–Crippen LogP) is 25.6. The van der Waals surface area contributed by atoms with Gasteiger partial charge in [0.2, 0.25) is 0 Å². The van der Waals surface area contributed by atoms with Crippen molar-refractivity contribution >= 4 is 97.1 Å². The Morgan fingerprint density at radius 1 is 0.224 bits per heavy atom. The minimum atomic E-state index is 0.962. The average molecular weight is 1050 g/mol. The molecule has 0 aliphatic rings. The summed E-state index contributed by atoms with van der Waals surface area (Å²) in [6.07, 6.45) is 0. The van der Waals surface area contributed by atoms with Gasteiger partial charge in [-0.15, -0.1) is 11.3 Å². The first-order chi connectivity index (χ1) is 37.7. The molecule has 0 radical (unpaired) electrons. The highest BCUT2D eigenvalue weighted by Gasteiger charge is 2.07. The number of furan rings is 1. The topological polar surface area (TPSA) is 23.0 Å². The standard InChI is InChI=1S/2C13H11N.C12H8O.C12H8S.11C2H6/c2*1-14-12-8-4-2-6-10(12)11-7-3-5-9-13(11)14;2*1-3-7-11-9(5-1)10-6-2-4-8-12(10)13-11;11*1-2/h2*2-9H,1H3;2*1-8H;11*1-2H3. The van der Waals surface area contributed by atoms with Gasteiger partial charge in [-0.3, -0.25) is 0 Å². The quantitative estimate of drug-likeness (QED) is 0.148. The van der Waals surface area contributed by atoms with Gasteiger partial charge >= 0.3 is 0 Å². The number of fused-ring (bicyclic) bond motifs is 12. The SMILES string of the molecule is CC.CC.CC.CC.CC.CC.CC.CC.CC.CC.CC.Cn1c2ccccc2c2ccccc21.Cn1c2ccccc2c2ccccc21.c1ccc2c(c1)oc1ccccc12.c1ccc2c(c1)sc1ccccc12. The molecule has 0 amide bonds. The van der Waals surface area contributed by atoms with Gasteiger partial charge in [0.25, 0.3) is 0 Å². The molecule has 414 valence electrons. The third kappa shape index (κ3) is 20.2. The molecule has 0 aliphatic carbocycles. The van der Waals surface area contributed by atoms with Crippen LogP contribution < -0.4 is 0 Å². The summed E-state index contributed by atoms with van der Waals surface area (Å²) in [7, 11) is 4.23. The van der Waals surface area contributed by atoms with Gasteiger partial charge in [-0.05, 0) is 48.5 Å². The zero-order valence-corrected chi connectivity index (χ0v) is 53.0. The van der Waals surface area contributed by atoms with Crippen LogP contribution in [0.25, 0.3) is 85.7 Å². The lowest BCUT2D eigenvalue weighted by atomic mass is 10.2. The first kappa shape index (κ1) is 73.6. The van der Waals surface area contributed by atoms with E-state index in [4.69, 9.17) is 4.42 Å². The number of thiophene rings is 1. The Balaban J connectivity index is -0.000000833. The molecule has 12 aromatic rings. The maximum absolute atomic E-state index is 5.65. The smallest absolute Gasteiger partial charge is 0.135 e. The summed E-state index contributed by atoms with van der Waals surface area (Å²) in [5, 5.41) is 10.5. The molecule has 76 heavy (non-hydrogen) atoms. The summed E-state index contributed by atoms with van der Waals surface area (Å²) in [5.41, 5.74) is 7.12. The van der Waals surface area contributed by atoms with Crippen molar-refractivity contribution in [2.24, 2.45) is 14.1 Å². The lowest BCUT2D eigenvalue weighted by Gasteiger charge is -1.95. The molecule has 0 N–H and O–H groups in total. The maximum Gasteiger partial charge on any atom is 0.135 e. The van der Waals surface area contributed by atoms with Crippen LogP contribution in [0.1, 0.15) is 152 Å². The summed E-state index contributed by atoms with van der Waals surface area (Å²) in [5.74, 6) is 0. The van der Waals surface area contributed by atoms with Crippen molar-refractivity contribution in [3.63, 3.8) is 0 Å². The molecule has 0 saturated carbocycles. The van der Waals surface area contributed by atoms with E-state index in [-0.39, 0.29) is 0 Å². The fourth-order valence-corrected chi connectivity index (χ4v) is 8.69. The van der Waals surface area contributed by atoms with E-state index in [1.54, 1.807) is 0 Å². The second kappa shape index (κ2) is 46.9. The van der Waals surface area contributed by atoms with Gasteiger partial charge in [0, 0.05) is 88.7 Å². The molecule has 3 nitrogen and oxygen atoms in total. The third-order valence-corrected chi connectivity index (χ3v) is 11.4. The van der Waals surface area contributed by atoms with Crippen molar-refractivity contribution in [3.05, 3.63) is 194 Å². The highest BCUT2D eigenvalue weighted by Crippen LogP contribution is 2.33. The lowest BCUT2D eigenvalue weighted by Crippen LogP contribution is -1.84. The third-order valence-electron chi connectivity index (χ3n) is 10.2. The summed E-state index contributed by atoms with van der Waals surface area (Å²) >= 11 is 1.86. The molecule has 0 aliphatic heterocycles. The van der Waals surface area contributed by atoms with E-state index in [1.807, 2.05) is 200 Å². The number of aromatic nitrogens is 2. The largest absolute Gasteiger partial charge is 0.456 e. The number of rotatable bonds is 0. The molecular formula is C72H104N2OS. The minimum Gasteiger partial charge on any atom is -0.456 e. The van der Waals surface area contributed by atoms with Crippen LogP contribution in [0.5, 0.6) is 0 Å². The van der Waals surface area contributed by atoms with Gasteiger partial charge in [0.05, 0.1) is 0 Å². The Labute approximate surface area is 468 Å². The lowest BCUT2D eigenvalue weighted by molar-refractivity contribution is 0.669. The molecule has 4 heterocycles. The van der Waals surface area contributed by atoms with Gasteiger partial charge in [-0.1, -0.05) is 298 Å². The van der Waals surface area contributed by atoms with Crippen molar-refractivity contribution in [1.82, 2.24) is 9.13 Å². The van der Waals surface area contributed by atoms with Gasteiger partial charge < -0.3 is 13.6 Å². The van der Waals surface area contributed by atoms with Crippen molar-refractivity contribution < 1.29 is 4.42 Å². The molecule has 12 rings (SSSR count). The van der Waals surface area contributed by atoms with Crippen LogP contribution in [0.4, 0.5) is 0 Å². The van der Waals surface area contributed by atoms with Gasteiger partial charge in [0.15, 0.2) is 0 Å². The minimum absolute atomic E-state index is 0.962. The molecule has 0 unspecified atom stereocenters. The van der Waals surface area contributed by atoms with Crippen LogP contribution in [0.2, 0.25) is 0 Å². The highest BCUT2D eigenvalue weighted by atomic mass is 32.1. The summed E-state index contributed by atoms with van der Waals surface area (Å²) in [6.45, 7) is 44.0. The van der Waals surface area contributed by atoms with Crippen LogP contribution in [0.3, 0.4) is 0 Å². The number of aryl methyl sites for hydroxylation is 2. The molecule has 8 aromatic carbocycles. The summed E-state index contributed by atoms with van der Waals surface area (Å²) in [4.78, 5) is 0. The molecule has 0 fully saturated rings. The number of para-hydroxylation sites is 6. The zero-order chi connectivity index (χ0) is 58.4. The van der Waals surface area contributed by atoms with Crippen LogP contribution >= 0.6 is 11.3 Å². The van der Waals surface area contributed by atoms with Crippen molar-refractivity contribution in [1.29, 1.82) is 0 Å². The van der Waals surface area contributed by atoms with E-state index in [0.717, 1.165) is 11.2 Å². The molecule has 0 saturated heterocycles. The fraction of sp³-hybridized carbons (Fsp3) is 0.333. The predicted molar refractivity (Wildman–Crippen MR) is 359 cm³/mol. The van der Waals surface area contributed by atoms with Crippen molar-refractivity contribution in [2.75, 3.05) is 0 Å². The molecule has 4 aromatic heterocycles. The Kier molecular flexibility index (Phi) is 45.4. The van der Waals surface area contributed by atoms with E-state index < -0.39 is 0 Å². The van der Waals surface area contributed by atoms with E-state index in [1.165, 1.54) is 74.6 Å². The monoisotopic (exact) mass is 1040 g/mol. The van der Waals surface area contributed by atoms with Crippen molar-refractivity contribution in [3.8, 4) is 0 Å². The molecule has 0 bridgehead atoms. The van der Waals surface area contributed by atoms with Crippen molar-refractivity contribution in [2.45, 2.75) is 152 Å². The fourth-order valence-electron chi connectivity index (χ4n) is 7.58. The Bertz CT molecular complexity index is 2790. The van der Waals surface area contributed by atoms with Crippen LogP contribution in [0.15, 0.2) is 199 Å². The number of hydrogen-bond acceptors (Lipinski definition) is 2. The van der Waals surface area contributed by atoms with Gasteiger partial charge in [0.1, 0.15) is 11.2 Å². The second-order valence-corrected chi connectivity index (χ2v) is 14.5. The molecule has 0 spiro atoms. The molecule has 4 heteroatoms. The zero-order valence-electron chi connectivity index (χ0n) is 52.2. The van der Waals surface area contributed by atoms with Gasteiger partial charge in [-0.25, -0.2) is 0 Å². The Morgan fingerprint density at radius 3 is 0.658 bits per heavy atom. The highest BCUT2D eigenvalue weighted by molar-refractivity contribution is 7.25. The number of hydrogen-bond donors (Lipinski definition) is 0. The number of nitrogens with zero attached hydrogens (tertiary/aromatic N) is 2. The molecule has 0 atom stereocenters. The first-order valence-electron chi connectivity index (χ1n) is 29.2. The second-order valence-electron chi connectivity index (χ2n) is 13.4. The number of benzene rings is 8. The summed E-state index contributed by atoms with van der Waals surface area (Å²) < 4.78 is 12.9. The van der Waals surface area contributed by atoms with E-state index in [0.29, 0.717) is 0 Å². The van der Waals surface area contributed by atoms with Gasteiger partial charge in [-0.2, -0.15) is 0 Å². The Morgan fingerprint density at radius 2 is 0.408 bits per heavy atom. The maximum atomic E-state index is 5.65. The first-order valence-corrected chi connectivity index (χ1v) is 30.0. The van der Waals surface area contributed by atoms with E-state index in [9.17, 15) is 0 Å². The van der Waals surface area contributed by atoms with Crippen LogP contribution in [0, 0.1) is 0 Å². The van der Waals surface area contributed by atoms with E-state index >= 15 is 0 Å². The van der Waals surface area contributed by atoms with Crippen LogP contribution in [-0.4, -0.2) is 9.13 Å². The normalized spacial score (nSPS) is 8.79. The Hall–Kier alpha value is -6.62. The summed E-state index contributed by atoms with van der Waals surface area (Å²) in [6, 6.07) is 67.4. The van der Waals surface area contributed by atoms with Crippen LogP contribution in [-0.2, 0) is 14.1 Å². The van der Waals surface area contributed by atoms with E-state index in [2.05, 4.69) is 181 Å². The average Bonchev–Trinajstić information content (AvgIpc) is 4.29.